The minimum absolute atomic E-state index is 0.194. The molecule has 1 aromatic carbocycles. The minimum atomic E-state index is 0.194. The second-order valence-electron chi connectivity index (χ2n) is 6.04. The topological polar surface area (TPSA) is 23.6 Å². The summed E-state index contributed by atoms with van der Waals surface area (Å²) >= 11 is 0. The average Bonchev–Trinajstić information content (AvgIpc) is 2.46. The van der Waals surface area contributed by atoms with E-state index in [9.17, 15) is 4.79 Å². The molecular weight excluding hydrogens is 248 g/mol. The molecule has 0 N–H and O–H groups in total. The number of amides is 1. The Kier molecular flexibility index (Phi) is 4.81. The van der Waals surface area contributed by atoms with E-state index in [-0.39, 0.29) is 5.91 Å². The van der Waals surface area contributed by atoms with Gasteiger partial charge in [-0.1, -0.05) is 38.1 Å². The lowest BCUT2D eigenvalue weighted by Gasteiger charge is -2.38. The maximum absolute atomic E-state index is 11.4. The van der Waals surface area contributed by atoms with Crippen molar-refractivity contribution in [3.63, 3.8) is 0 Å². The van der Waals surface area contributed by atoms with E-state index in [4.69, 9.17) is 0 Å². The minimum Gasteiger partial charge on any atom is -0.340 e. The Morgan fingerprint density at radius 1 is 1.05 bits per heavy atom. The van der Waals surface area contributed by atoms with Crippen LogP contribution in [0.25, 0.3) is 0 Å². The number of nitrogens with zero attached hydrogens (tertiary/aromatic N) is 2. The monoisotopic (exact) mass is 274 g/mol. The van der Waals surface area contributed by atoms with Crippen LogP contribution in [0.5, 0.6) is 0 Å². The van der Waals surface area contributed by atoms with Gasteiger partial charge in [-0.15, -0.1) is 0 Å². The van der Waals surface area contributed by atoms with E-state index in [1.54, 1.807) is 6.92 Å². The van der Waals surface area contributed by atoms with Crippen molar-refractivity contribution in [1.29, 1.82) is 0 Å². The lowest BCUT2D eigenvalue weighted by Crippen LogP contribution is -2.48. The largest absolute Gasteiger partial charge is 0.340 e. The predicted octanol–water partition coefficient (Wildman–Crippen LogP) is 3.04. The van der Waals surface area contributed by atoms with Crippen molar-refractivity contribution in [3.05, 3.63) is 35.4 Å². The molecule has 1 atom stereocenters. The Morgan fingerprint density at radius 3 is 2.20 bits per heavy atom. The molecule has 0 bridgehead atoms. The Balaban J connectivity index is 2.03. The Bertz CT molecular complexity index is 462. The first kappa shape index (κ1) is 15.0. The summed E-state index contributed by atoms with van der Waals surface area (Å²) in [7, 11) is 0. The molecule has 0 aliphatic carbocycles. The molecule has 0 spiro atoms. The van der Waals surface area contributed by atoms with Crippen molar-refractivity contribution >= 4 is 5.91 Å². The molecule has 2 rings (SSSR count). The third-order valence-corrected chi connectivity index (χ3v) is 4.37. The van der Waals surface area contributed by atoms with Gasteiger partial charge in [-0.2, -0.15) is 0 Å². The van der Waals surface area contributed by atoms with Gasteiger partial charge in [-0.3, -0.25) is 9.69 Å². The van der Waals surface area contributed by atoms with E-state index < -0.39 is 0 Å². The van der Waals surface area contributed by atoms with Gasteiger partial charge in [0, 0.05) is 39.1 Å². The number of piperazine rings is 1. The van der Waals surface area contributed by atoms with Crippen molar-refractivity contribution < 1.29 is 4.79 Å². The zero-order valence-corrected chi connectivity index (χ0v) is 13.1. The van der Waals surface area contributed by atoms with Gasteiger partial charge in [0.2, 0.25) is 5.91 Å². The summed E-state index contributed by atoms with van der Waals surface area (Å²) in [6.45, 7) is 12.0. The highest BCUT2D eigenvalue weighted by Crippen LogP contribution is 2.25. The summed E-state index contributed by atoms with van der Waals surface area (Å²) in [5.74, 6) is 0.760. The smallest absolute Gasteiger partial charge is 0.219 e. The summed E-state index contributed by atoms with van der Waals surface area (Å²) in [6.07, 6.45) is 0. The van der Waals surface area contributed by atoms with Crippen molar-refractivity contribution in [2.45, 2.75) is 39.7 Å². The van der Waals surface area contributed by atoms with Crippen molar-refractivity contribution in [1.82, 2.24) is 9.80 Å². The van der Waals surface area contributed by atoms with Crippen LogP contribution in [-0.2, 0) is 4.79 Å². The van der Waals surface area contributed by atoms with Crippen LogP contribution in [0.15, 0.2) is 24.3 Å². The van der Waals surface area contributed by atoms with Crippen LogP contribution >= 0.6 is 0 Å². The van der Waals surface area contributed by atoms with Gasteiger partial charge in [-0.05, 0) is 24.0 Å². The highest BCUT2D eigenvalue weighted by molar-refractivity contribution is 5.73. The molecule has 1 aliphatic heterocycles. The second kappa shape index (κ2) is 6.40. The van der Waals surface area contributed by atoms with Crippen LogP contribution in [0.2, 0.25) is 0 Å². The van der Waals surface area contributed by atoms with Crippen molar-refractivity contribution in [2.24, 2.45) is 0 Å². The summed E-state index contributed by atoms with van der Waals surface area (Å²) < 4.78 is 0. The zero-order valence-electron chi connectivity index (χ0n) is 13.1. The molecule has 110 valence electrons. The van der Waals surface area contributed by atoms with Crippen LogP contribution in [0.1, 0.15) is 50.8 Å². The highest BCUT2D eigenvalue weighted by Gasteiger charge is 2.23. The molecular formula is C17H26N2O. The molecule has 3 heteroatoms. The lowest BCUT2D eigenvalue weighted by atomic mass is 9.97. The third kappa shape index (κ3) is 3.40. The summed E-state index contributed by atoms with van der Waals surface area (Å²) in [4.78, 5) is 15.8. The van der Waals surface area contributed by atoms with Crippen LogP contribution in [0, 0.1) is 0 Å². The van der Waals surface area contributed by atoms with Gasteiger partial charge in [0.05, 0.1) is 0 Å². The molecule has 3 nitrogen and oxygen atoms in total. The SMILES string of the molecule is CC(=O)N1CCN(C(C)c2cccc(C(C)C)c2)CC1. The van der Waals surface area contributed by atoms with Crippen LogP contribution < -0.4 is 0 Å². The molecule has 0 saturated carbocycles. The van der Waals surface area contributed by atoms with Gasteiger partial charge in [0.1, 0.15) is 0 Å². The molecule has 0 aromatic heterocycles. The fraction of sp³-hybridized carbons (Fsp3) is 0.588. The highest BCUT2D eigenvalue weighted by atomic mass is 16.2. The Labute approximate surface area is 122 Å². The van der Waals surface area contributed by atoms with Gasteiger partial charge in [-0.25, -0.2) is 0 Å². The van der Waals surface area contributed by atoms with E-state index in [1.807, 2.05) is 4.90 Å². The maximum Gasteiger partial charge on any atom is 0.219 e. The molecule has 1 aliphatic rings. The number of rotatable bonds is 3. The summed E-state index contributed by atoms with van der Waals surface area (Å²) in [5.41, 5.74) is 2.78. The van der Waals surface area contributed by atoms with E-state index in [0.29, 0.717) is 12.0 Å². The molecule has 1 heterocycles. The third-order valence-electron chi connectivity index (χ3n) is 4.37. The molecule has 1 saturated heterocycles. The Hall–Kier alpha value is -1.35. The van der Waals surface area contributed by atoms with Crippen molar-refractivity contribution in [2.75, 3.05) is 26.2 Å². The summed E-state index contributed by atoms with van der Waals surface area (Å²) in [6, 6.07) is 9.32. The fourth-order valence-corrected chi connectivity index (χ4v) is 2.81. The standard InChI is InChI=1S/C17H26N2O/c1-13(2)16-6-5-7-17(12-16)14(3)18-8-10-19(11-9-18)15(4)20/h5-7,12-14H,8-11H2,1-4H3. The number of benzene rings is 1. The fourth-order valence-electron chi connectivity index (χ4n) is 2.81. The maximum atomic E-state index is 11.4. The molecule has 0 radical (unpaired) electrons. The molecule has 1 fully saturated rings. The number of carbonyl (C=O) groups excluding carboxylic acids is 1. The van der Waals surface area contributed by atoms with E-state index in [2.05, 4.69) is 49.9 Å². The van der Waals surface area contributed by atoms with E-state index in [1.165, 1.54) is 11.1 Å². The van der Waals surface area contributed by atoms with E-state index in [0.717, 1.165) is 26.2 Å². The molecule has 20 heavy (non-hydrogen) atoms. The number of hydrogen-bond acceptors (Lipinski definition) is 2. The van der Waals surface area contributed by atoms with E-state index >= 15 is 0 Å². The van der Waals surface area contributed by atoms with Crippen LogP contribution in [0.3, 0.4) is 0 Å². The average molecular weight is 274 g/mol. The number of hydrogen-bond donors (Lipinski definition) is 0. The summed E-state index contributed by atoms with van der Waals surface area (Å²) in [5, 5.41) is 0. The quantitative estimate of drug-likeness (QED) is 0.846. The zero-order chi connectivity index (χ0) is 14.7. The number of carbonyl (C=O) groups is 1. The normalized spacial score (nSPS) is 18.4. The van der Waals surface area contributed by atoms with Gasteiger partial charge >= 0.3 is 0 Å². The van der Waals surface area contributed by atoms with Crippen LogP contribution in [0.4, 0.5) is 0 Å². The molecule has 1 unspecified atom stereocenters. The van der Waals surface area contributed by atoms with Crippen LogP contribution in [-0.4, -0.2) is 41.9 Å². The molecule has 1 aromatic rings. The molecule has 1 amide bonds. The Morgan fingerprint density at radius 2 is 1.65 bits per heavy atom. The van der Waals surface area contributed by atoms with Gasteiger partial charge in [0.15, 0.2) is 0 Å². The van der Waals surface area contributed by atoms with Gasteiger partial charge < -0.3 is 4.90 Å². The first-order valence-corrected chi connectivity index (χ1v) is 7.58. The first-order chi connectivity index (χ1) is 9.49. The lowest BCUT2D eigenvalue weighted by molar-refractivity contribution is -0.130. The predicted molar refractivity (Wildman–Crippen MR) is 82.8 cm³/mol. The first-order valence-electron chi connectivity index (χ1n) is 7.58. The van der Waals surface area contributed by atoms with Gasteiger partial charge in [0.25, 0.3) is 0 Å². The second-order valence-corrected chi connectivity index (χ2v) is 6.04. The van der Waals surface area contributed by atoms with Crippen molar-refractivity contribution in [3.8, 4) is 0 Å².